The Hall–Kier alpha value is -3.56. The number of benzene rings is 4. The molecule has 0 aliphatic heterocycles. The standard InChI is InChI=1S/C33H32Cl3N3O4S/c1-23(2)37-33(41)31(20-24-9-5-3-6-10-24)38(21-25-13-18-29(35)30(36)19-25)32(40)22-39(27-11-7-4-8-12-27)44(42,43)28-16-14-26(34)15-17-28/h3-19,23,31H,20-22H2,1-2H3,(H,37,41). The molecule has 4 aromatic rings. The van der Waals surface area contributed by atoms with Gasteiger partial charge in [0.2, 0.25) is 11.8 Å². The van der Waals surface area contributed by atoms with Crippen molar-refractivity contribution < 1.29 is 18.0 Å². The molecule has 7 nitrogen and oxygen atoms in total. The Morgan fingerprint density at radius 1 is 0.773 bits per heavy atom. The van der Waals surface area contributed by atoms with E-state index in [0.29, 0.717) is 20.6 Å². The van der Waals surface area contributed by atoms with Gasteiger partial charge >= 0.3 is 0 Å². The van der Waals surface area contributed by atoms with Crippen molar-refractivity contribution in [3.8, 4) is 0 Å². The topological polar surface area (TPSA) is 86.8 Å². The van der Waals surface area contributed by atoms with Gasteiger partial charge in [-0.1, -0.05) is 89.4 Å². The highest BCUT2D eigenvalue weighted by Crippen LogP contribution is 2.27. The summed E-state index contributed by atoms with van der Waals surface area (Å²) < 4.78 is 29.0. The van der Waals surface area contributed by atoms with Crippen LogP contribution in [0.3, 0.4) is 0 Å². The lowest BCUT2D eigenvalue weighted by Crippen LogP contribution is -2.54. The van der Waals surface area contributed by atoms with Gasteiger partial charge in [-0.3, -0.25) is 13.9 Å². The van der Waals surface area contributed by atoms with Gasteiger partial charge in [0.1, 0.15) is 12.6 Å². The fourth-order valence-electron chi connectivity index (χ4n) is 4.63. The van der Waals surface area contributed by atoms with Crippen LogP contribution in [0.2, 0.25) is 15.1 Å². The zero-order chi connectivity index (χ0) is 31.9. The molecule has 0 radical (unpaired) electrons. The van der Waals surface area contributed by atoms with E-state index in [1.165, 1.54) is 29.2 Å². The first kappa shape index (κ1) is 33.3. The van der Waals surface area contributed by atoms with Crippen molar-refractivity contribution in [3.63, 3.8) is 0 Å². The van der Waals surface area contributed by atoms with E-state index in [1.807, 2.05) is 44.2 Å². The van der Waals surface area contributed by atoms with Gasteiger partial charge in [-0.05, 0) is 73.5 Å². The Morgan fingerprint density at radius 2 is 1.39 bits per heavy atom. The summed E-state index contributed by atoms with van der Waals surface area (Å²) in [5, 5.41) is 3.94. The number of anilines is 1. The van der Waals surface area contributed by atoms with Gasteiger partial charge in [0.15, 0.2) is 0 Å². The van der Waals surface area contributed by atoms with Crippen molar-refractivity contribution in [2.45, 2.75) is 43.8 Å². The largest absolute Gasteiger partial charge is 0.352 e. The molecule has 0 heterocycles. The maximum atomic E-state index is 14.4. The molecule has 1 N–H and O–H groups in total. The van der Waals surface area contributed by atoms with Crippen LogP contribution in [-0.2, 0) is 32.6 Å². The molecule has 1 unspecified atom stereocenters. The van der Waals surface area contributed by atoms with Crippen LogP contribution in [0.4, 0.5) is 5.69 Å². The highest BCUT2D eigenvalue weighted by Gasteiger charge is 2.34. The molecule has 4 rings (SSSR count). The summed E-state index contributed by atoms with van der Waals surface area (Å²) in [4.78, 5) is 29.5. The maximum Gasteiger partial charge on any atom is 0.264 e. The molecule has 4 aromatic carbocycles. The minimum absolute atomic E-state index is 0.0254. The average Bonchev–Trinajstić information content (AvgIpc) is 3.00. The number of para-hydroxylation sites is 1. The smallest absolute Gasteiger partial charge is 0.264 e. The van der Waals surface area contributed by atoms with Crippen molar-refractivity contribution >= 4 is 62.3 Å². The molecule has 0 aliphatic carbocycles. The third-order valence-corrected chi connectivity index (χ3v) is 9.54. The Labute approximate surface area is 273 Å². The van der Waals surface area contributed by atoms with Crippen molar-refractivity contribution in [2.24, 2.45) is 0 Å². The number of amides is 2. The molecular formula is C33H32Cl3N3O4S. The molecule has 0 spiro atoms. The van der Waals surface area contributed by atoms with Crippen molar-refractivity contribution in [1.82, 2.24) is 10.2 Å². The number of carbonyl (C=O) groups is 2. The number of carbonyl (C=O) groups excluding carboxylic acids is 2. The van der Waals surface area contributed by atoms with Crippen LogP contribution in [0.1, 0.15) is 25.0 Å². The predicted octanol–water partition coefficient (Wildman–Crippen LogP) is 7.01. The summed E-state index contributed by atoms with van der Waals surface area (Å²) in [6.07, 6.45) is 0.196. The lowest BCUT2D eigenvalue weighted by molar-refractivity contribution is -0.140. The number of nitrogens with zero attached hydrogens (tertiary/aromatic N) is 2. The van der Waals surface area contributed by atoms with E-state index in [9.17, 15) is 18.0 Å². The molecular weight excluding hydrogens is 641 g/mol. The molecule has 44 heavy (non-hydrogen) atoms. The number of hydrogen-bond donors (Lipinski definition) is 1. The molecule has 11 heteroatoms. The maximum absolute atomic E-state index is 14.4. The minimum Gasteiger partial charge on any atom is -0.352 e. The SMILES string of the molecule is CC(C)NC(=O)C(Cc1ccccc1)N(Cc1ccc(Cl)c(Cl)c1)C(=O)CN(c1ccccc1)S(=O)(=O)c1ccc(Cl)cc1. The monoisotopic (exact) mass is 671 g/mol. The first-order valence-electron chi connectivity index (χ1n) is 13.9. The quantitative estimate of drug-likeness (QED) is 0.176. The van der Waals surface area contributed by atoms with Crippen LogP contribution in [0.25, 0.3) is 0 Å². The summed E-state index contributed by atoms with van der Waals surface area (Å²) >= 11 is 18.5. The van der Waals surface area contributed by atoms with Crippen LogP contribution in [0, 0.1) is 0 Å². The molecule has 1 atom stereocenters. The molecule has 0 fully saturated rings. The Kier molecular flexibility index (Phi) is 11.3. The average molecular weight is 673 g/mol. The third-order valence-electron chi connectivity index (χ3n) is 6.76. The fourth-order valence-corrected chi connectivity index (χ4v) is 6.49. The molecule has 230 valence electrons. The van der Waals surface area contributed by atoms with E-state index < -0.39 is 28.5 Å². The van der Waals surface area contributed by atoms with Crippen LogP contribution < -0.4 is 9.62 Å². The van der Waals surface area contributed by atoms with E-state index in [0.717, 1.165) is 9.87 Å². The number of halogens is 3. The highest BCUT2D eigenvalue weighted by atomic mass is 35.5. The van der Waals surface area contributed by atoms with Crippen LogP contribution >= 0.6 is 34.8 Å². The van der Waals surface area contributed by atoms with Crippen LogP contribution in [0.15, 0.2) is 108 Å². The van der Waals surface area contributed by atoms with Crippen molar-refractivity contribution in [1.29, 1.82) is 0 Å². The third kappa shape index (κ3) is 8.54. The summed E-state index contributed by atoms with van der Waals surface area (Å²) in [6, 6.07) is 27.2. The highest BCUT2D eigenvalue weighted by molar-refractivity contribution is 7.92. The number of nitrogens with one attached hydrogen (secondary N) is 1. The van der Waals surface area contributed by atoms with Gasteiger partial charge in [0.05, 0.1) is 20.6 Å². The second-order valence-corrected chi connectivity index (χ2v) is 13.6. The number of sulfonamides is 1. The second kappa shape index (κ2) is 14.9. The fraction of sp³-hybridized carbons (Fsp3) is 0.212. The first-order chi connectivity index (χ1) is 21.0. The molecule has 0 aromatic heterocycles. The van der Waals surface area contributed by atoms with E-state index in [-0.39, 0.29) is 35.5 Å². The molecule has 0 saturated carbocycles. The second-order valence-electron chi connectivity index (χ2n) is 10.4. The number of rotatable bonds is 12. The lowest BCUT2D eigenvalue weighted by Gasteiger charge is -2.34. The summed E-state index contributed by atoms with van der Waals surface area (Å²) in [7, 11) is -4.22. The first-order valence-corrected chi connectivity index (χ1v) is 16.4. The Balaban J connectivity index is 1.80. The molecule has 0 aliphatic rings. The summed E-state index contributed by atoms with van der Waals surface area (Å²) in [6.45, 7) is 3.07. The Morgan fingerprint density at radius 3 is 1.98 bits per heavy atom. The number of hydrogen-bond acceptors (Lipinski definition) is 4. The zero-order valence-corrected chi connectivity index (χ0v) is 27.2. The van der Waals surface area contributed by atoms with Crippen molar-refractivity contribution in [2.75, 3.05) is 10.8 Å². The Bertz CT molecular complexity index is 1690. The predicted molar refractivity (Wildman–Crippen MR) is 177 cm³/mol. The van der Waals surface area contributed by atoms with Gasteiger partial charge in [-0.2, -0.15) is 0 Å². The van der Waals surface area contributed by atoms with E-state index in [4.69, 9.17) is 34.8 Å². The molecule has 0 bridgehead atoms. The minimum atomic E-state index is -4.22. The van der Waals surface area contributed by atoms with E-state index >= 15 is 0 Å². The summed E-state index contributed by atoms with van der Waals surface area (Å²) in [5.41, 5.74) is 1.74. The van der Waals surface area contributed by atoms with Gasteiger partial charge in [0, 0.05) is 24.0 Å². The zero-order valence-electron chi connectivity index (χ0n) is 24.2. The lowest BCUT2D eigenvalue weighted by atomic mass is 10.0. The van der Waals surface area contributed by atoms with Gasteiger partial charge in [-0.15, -0.1) is 0 Å². The molecule has 0 saturated heterocycles. The normalized spacial score (nSPS) is 12.0. The van der Waals surface area contributed by atoms with E-state index in [2.05, 4.69) is 5.32 Å². The van der Waals surface area contributed by atoms with Gasteiger partial charge in [-0.25, -0.2) is 8.42 Å². The van der Waals surface area contributed by atoms with Gasteiger partial charge < -0.3 is 10.2 Å². The molecule has 2 amide bonds. The van der Waals surface area contributed by atoms with Crippen LogP contribution in [0.5, 0.6) is 0 Å². The van der Waals surface area contributed by atoms with Crippen molar-refractivity contribution in [3.05, 3.63) is 129 Å². The summed E-state index contributed by atoms with van der Waals surface area (Å²) in [5.74, 6) is -0.957. The van der Waals surface area contributed by atoms with E-state index in [1.54, 1.807) is 48.5 Å². The van der Waals surface area contributed by atoms with Gasteiger partial charge in [0.25, 0.3) is 10.0 Å². The van der Waals surface area contributed by atoms with Crippen LogP contribution in [-0.4, -0.2) is 43.8 Å².